The zero-order valence-electron chi connectivity index (χ0n) is 16.2. The van der Waals surface area contributed by atoms with Gasteiger partial charge in [-0.15, -0.1) is 0 Å². The van der Waals surface area contributed by atoms with Crippen LogP contribution in [0, 0.1) is 26.6 Å². The van der Waals surface area contributed by atoms with Crippen molar-refractivity contribution in [1.82, 2.24) is 15.2 Å². The standard InChI is InChI=1S/C21H20ClFN4O2/c1-13-8-9-14(2)18(10-13)27-21(22)16(15(3)26-27)11-24-25-20(28)12-29-19-7-5-4-6-17(19)23/h4-11H,12H2,1-3H3,(H,25,28)/b24-11-. The number of aryl methyl sites for hydroxylation is 3. The molecule has 1 amide bonds. The molecule has 0 saturated carbocycles. The molecule has 1 N–H and O–H groups in total. The molecule has 0 aliphatic carbocycles. The van der Waals surface area contributed by atoms with Crippen molar-refractivity contribution >= 4 is 23.7 Å². The number of hydrogen-bond donors (Lipinski definition) is 1. The molecule has 8 heteroatoms. The summed E-state index contributed by atoms with van der Waals surface area (Å²) in [4.78, 5) is 11.9. The molecule has 3 rings (SSSR count). The van der Waals surface area contributed by atoms with Crippen molar-refractivity contribution < 1.29 is 13.9 Å². The van der Waals surface area contributed by atoms with E-state index in [-0.39, 0.29) is 12.4 Å². The van der Waals surface area contributed by atoms with Gasteiger partial charge in [0, 0.05) is 0 Å². The second kappa shape index (κ2) is 8.87. The Balaban J connectivity index is 1.68. The van der Waals surface area contributed by atoms with Crippen LogP contribution in [0.3, 0.4) is 0 Å². The van der Waals surface area contributed by atoms with Gasteiger partial charge in [0.2, 0.25) is 0 Å². The third-order valence-electron chi connectivity index (χ3n) is 4.22. The first-order valence-corrected chi connectivity index (χ1v) is 9.26. The number of nitrogens with zero attached hydrogens (tertiary/aromatic N) is 3. The molecule has 2 aromatic carbocycles. The van der Waals surface area contributed by atoms with Crippen LogP contribution in [-0.4, -0.2) is 28.5 Å². The number of ether oxygens (including phenoxy) is 1. The van der Waals surface area contributed by atoms with E-state index in [0.29, 0.717) is 16.4 Å². The fourth-order valence-electron chi connectivity index (χ4n) is 2.67. The molecule has 0 saturated heterocycles. The SMILES string of the molecule is Cc1ccc(C)c(-n2nc(C)c(/C=N\NC(=O)COc3ccccc3F)c2Cl)c1. The highest BCUT2D eigenvalue weighted by atomic mass is 35.5. The minimum absolute atomic E-state index is 0.000296. The van der Waals surface area contributed by atoms with Gasteiger partial charge in [0.25, 0.3) is 5.91 Å². The molecule has 1 heterocycles. The summed E-state index contributed by atoms with van der Waals surface area (Å²) < 4.78 is 20.3. The number of hydrogen-bond acceptors (Lipinski definition) is 4. The molecule has 0 aliphatic rings. The molecule has 0 fully saturated rings. The molecule has 29 heavy (non-hydrogen) atoms. The predicted octanol–water partition coefficient (Wildman–Crippen LogP) is 4.12. The zero-order valence-corrected chi connectivity index (χ0v) is 17.0. The molecule has 3 aromatic rings. The summed E-state index contributed by atoms with van der Waals surface area (Å²) in [5.41, 5.74) is 6.58. The minimum Gasteiger partial charge on any atom is -0.481 e. The van der Waals surface area contributed by atoms with E-state index in [1.807, 2.05) is 32.0 Å². The molecular formula is C21H20ClFN4O2. The number of para-hydroxylation sites is 1. The largest absolute Gasteiger partial charge is 0.481 e. The number of carbonyl (C=O) groups is 1. The Hall–Kier alpha value is -3.19. The number of hydrazone groups is 1. The summed E-state index contributed by atoms with van der Waals surface area (Å²) in [5, 5.41) is 8.77. The quantitative estimate of drug-likeness (QED) is 0.487. The van der Waals surface area contributed by atoms with Crippen LogP contribution in [0.4, 0.5) is 4.39 Å². The van der Waals surface area contributed by atoms with Gasteiger partial charge in [0.05, 0.1) is 23.2 Å². The molecule has 0 unspecified atom stereocenters. The van der Waals surface area contributed by atoms with Crippen LogP contribution in [0.2, 0.25) is 5.15 Å². The number of aromatic nitrogens is 2. The van der Waals surface area contributed by atoms with Crippen molar-refractivity contribution in [2.45, 2.75) is 20.8 Å². The number of halogens is 2. The van der Waals surface area contributed by atoms with Gasteiger partial charge in [0.1, 0.15) is 5.15 Å². The first kappa shape index (κ1) is 20.5. The second-order valence-corrected chi connectivity index (χ2v) is 6.86. The van der Waals surface area contributed by atoms with E-state index in [4.69, 9.17) is 16.3 Å². The van der Waals surface area contributed by atoms with Crippen LogP contribution >= 0.6 is 11.6 Å². The van der Waals surface area contributed by atoms with Gasteiger partial charge >= 0.3 is 0 Å². The summed E-state index contributed by atoms with van der Waals surface area (Å²) >= 11 is 6.49. The van der Waals surface area contributed by atoms with E-state index in [9.17, 15) is 9.18 Å². The lowest BCUT2D eigenvalue weighted by Gasteiger charge is -2.08. The van der Waals surface area contributed by atoms with Crippen molar-refractivity contribution in [3.05, 3.63) is 75.8 Å². The van der Waals surface area contributed by atoms with Crippen LogP contribution in [0.5, 0.6) is 5.75 Å². The van der Waals surface area contributed by atoms with Crippen LogP contribution in [0.1, 0.15) is 22.4 Å². The van der Waals surface area contributed by atoms with E-state index in [1.165, 1.54) is 24.4 Å². The van der Waals surface area contributed by atoms with Crippen LogP contribution in [0.25, 0.3) is 5.69 Å². The first-order chi connectivity index (χ1) is 13.9. The zero-order chi connectivity index (χ0) is 21.0. The Morgan fingerprint density at radius 3 is 2.79 bits per heavy atom. The average Bonchev–Trinajstić information content (AvgIpc) is 2.97. The molecule has 1 aromatic heterocycles. The van der Waals surface area contributed by atoms with E-state index in [0.717, 1.165) is 16.8 Å². The first-order valence-electron chi connectivity index (χ1n) is 8.89. The van der Waals surface area contributed by atoms with Gasteiger partial charge in [-0.25, -0.2) is 14.5 Å². The van der Waals surface area contributed by atoms with Crippen molar-refractivity contribution in [2.75, 3.05) is 6.61 Å². The monoisotopic (exact) mass is 414 g/mol. The Bertz CT molecular complexity index is 1080. The predicted molar refractivity (Wildman–Crippen MR) is 110 cm³/mol. The minimum atomic E-state index is -0.537. The van der Waals surface area contributed by atoms with Crippen LogP contribution < -0.4 is 10.2 Å². The smallest absolute Gasteiger partial charge is 0.277 e. The summed E-state index contributed by atoms with van der Waals surface area (Å²) in [5.74, 6) is -1.06. The molecule has 0 aliphatic heterocycles. The Kier molecular flexibility index (Phi) is 6.29. The van der Waals surface area contributed by atoms with E-state index in [2.05, 4.69) is 15.6 Å². The summed E-state index contributed by atoms with van der Waals surface area (Å²) in [7, 11) is 0. The highest BCUT2D eigenvalue weighted by molar-refractivity contribution is 6.32. The van der Waals surface area contributed by atoms with E-state index >= 15 is 0 Å². The van der Waals surface area contributed by atoms with Crippen molar-refractivity contribution in [3.63, 3.8) is 0 Å². The van der Waals surface area contributed by atoms with Gasteiger partial charge in [-0.05, 0) is 50.1 Å². The number of benzene rings is 2. The number of rotatable bonds is 6. The highest BCUT2D eigenvalue weighted by Crippen LogP contribution is 2.24. The van der Waals surface area contributed by atoms with Crippen LogP contribution in [0.15, 0.2) is 47.6 Å². The fourth-order valence-corrected chi connectivity index (χ4v) is 2.99. The lowest BCUT2D eigenvalue weighted by Crippen LogP contribution is -2.24. The molecule has 6 nitrogen and oxygen atoms in total. The third-order valence-corrected chi connectivity index (χ3v) is 4.58. The van der Waals surface area contributed by atoms with Gasteiger partial charge in [-0.2, -0.15) is 10.2 Å². The fraction of sp³-hybridized carbons (Fsp3) is 0.190. The van der Waals surface area contributed by atoms with Gasteiger partial charge in [-0.1, -0.05) is 35.9 Å². The molecule has 0 bridgehead atoms. The van der Waals surface area contributed by atoms with Crippen LogP contribution in [-0.2, 0) is 4.79 Å². The topological polar surface area (TPSA) is 68.5 Å². The number of nitrogens with one attached hydrogen (secondary N) is 1. The lowest BCUT2D eigenvalue weighted by molar-refractivity contribution is -0.123. The maximum absolute atomic E-state index is 13.5. The van der Waals surface area contributed by atoms with Gasteiger partial charge in [-0.3, -0.25) is 4.79 Å². The normalized spacial score (nSPS) is 11.1. The highest BCUT2D eigenvalue weighted by Gasteiger charge is 2.15. The van der Waals surface area contributed by atoms with Crippen molar-refractivity contribution in [2.24, 2.45) is 5.10 Å². The lowest BCUT2D eigenvalue weighted by atomic mass is 10.1. The Labute approximate surface area is 173 Å². The maximum atomic E-state index is 13.5. The maximum Gasteiger partial charge on any atom is 0.277 e. The summed E-state index contributed by atoms with van der Waals surface area (Å²) in [6.07, 6.45) is 1.42. The van der Waals surface area contributed by atoms with Gasteiger partial charge < -0.3 is 4.74 Å². The van der Waals surface area contributed by atoms with Crippen molar-refractivity contribution in [3.8, 4) is 11.4 Å². The Morgan fingerprint density at radius 1 is 1.28 bits per heavy atom. The molecular weight excluding hydrogens is 395 g/mol. The molecule has 0 atom stereocenters. The number of amides is 1. The van der Waals surface area contributed by atoms with Crippen molar-refractivity contribution in [1.29, 1.82) is 0 Å². The third kappa shape index (κ3) is 4.81. The molecule has 150 valence electrons. The Morgan fingerprint density at radius 2 is 2.03 bits per heavy atom. The van der Waals surface area contributed by atoms with E-state index in [1.54, 1.807) is 17.7 Å². The number of carbonyl (C=O) groups excluding carboxylic acids is 1. The average molecular weight is 415 g/mol. The second-order valence-electron chi connectivity index (χ2n) is 6.50. The summed E-state index contributed by atoms with van der Waals surface area (Å²) in [6.45, 7) is 5.41. The molecule has 0 spiro atoms. The van der Waals surface area contributed by atoms with Gasteiger partial charge in [0.15, 0.2) is 18.2 Å². The van der Waals surface area contributed by atoms with E-state index < -0.39 is 11.7 Å². The molecule has 0 radical (unpaired) electrons. The summed E-state index contributed by atoms with van der Waals surface area (Å²) in [6, 6.07) is 11.9.